The number of hydrogen-bond donors (Lipinski definition) is 0. The number of aromatic nitrogens is 4. The number of halogens is 5. The van der Waals surface area contributed by atoms with Gasteiger partial charge in [-0.2, -0.15) is 18.2 Å². The molecule has 0 spiro atoms. The Morgan fingerprint density at radius 1 is 1.10 bits per heavy atom. The lowest BCUT2D eigenvalue weighted by atomic mass is 10.1. The topological polar surface area (TPSA) is 73.8 Å². The van der Waals surface area contributed by atoms with Crippen LogP contribution in [0.3, 0.4) is 0 Å². The molecular weight excluding hydrogens is 432 g/mol. The first-order valence-corrected chi connectivity index (χ1v) is 8.82. The number of benzene rings is 2. The second kappa shape index (κ2) is 7.16. The minimum atomic E-state index is -4.43. The van der Waals surface area contributed by atoms with Crippen LogP contribution in [-0.4, -0.2) is 19.7 Å². The average molecular weight is 441 g/mol. The van der Waals surface area contributed by atoms with Crippen molar-refractivity contribution in [3.8, 4) is 11.4 Å². The highest BCUT2D eigenvalue weighted by Gasteiger charge is 2.30. The summed E-state index contributed by atoms with van der Waals surface area (Å²) in [6.07, 6.45) is -3.15. The molecule has 11 heteroatoms. The van der Waals surface area contributed by atoms with Gasteiger partial charge in [0.15, 0.2) is 0 Å². The summed E-state index contributed by atoms with van der Waals surface area (Å²) in [5, 5.41) is 4.52. The first kappa shape index (κ1) is 19.4. The van der Waals surface area contributed by atoms with Crippen molar-refractivity contribution >= 4 is 34.1 Å². The maximum atomic E-state index is 12.7. The molecule has 0 N–H and O–H groups in total. The van der Waals surface area contributed by atoms with Crippen molar-refractivity contribution in [3.63, 3.8) is 0 Å². The van der Waals surface area contributed by atoms with E-state index in [1.807, 2.05) is 0 Å². The van der Waals surface area contributed by atoms with Crippen molar-refractivity contribution in [1.29, 1.82) is 0 Å². The lowest BCUT2D eigenvalue weighted by Gasteiger charge is -2.06. The summed E-state index contributed by atoms with van der Waals surface area (Å²) < 4.78 is 44.3. The third kappa shape index (κ3) is 3.83. The van der Waals surface area contributed by atoms with Gasteiger partial charge < -0.3 is 4.52 Å². The van der Waals surface area contributed by atoms with E-state index in [1.165, 1.54) is 35.2 Å². The van der Waals surface area contributed by atoms with E-state index < -0.39 is 17.3 Å². The molecule has 0 saturated heterocycles. The SMILES string of the molecule is O=c1c2cc(Cl)cc(Cl)c2ncn1Cc1nc(-c2ccc(C(F)(F)F)cc2)no1. The Hall–Kier alpha value is -2.91. The summed E-state index contributed by atoms with van der Waals surface area (Å²) >= 11 is 12.0. The zero-order valence-electron chi connectivity index (χ0n) is 14.2. The first-order chi connectivity index (χ1) is 13.7. The fraction of sp³-hybridized carbons (Fsp3) is 0.111. The van der Waals surface area contributed by atoms with Crippen molar-refractivity contribution < 1.29 is 17.7 Å². The van der Waals surface area contributed by atoms with Crippen LogP contribution in [-0.2, 0) is 12.7 Å². The van der Waals surface area contributed by atoms with E-state index in [9.17, 15) is 18.0 Å². The Morgan fingerprint density at radius 3 is 2.52 bits per heavy atom. The molecule has 0 bridgehead atoms. The molecule has 0 aliphatic carbocycles. The second-order valence-corrected chi connectivity index (χ2v) is 6.89. The summed E-state index contributed by atoms with van der Waals surface area (Å²) in [4.78, 5) is 20.9. The number of hydrogen-bond acceptors (Lipinski definition) is 5. The van der Waals surface area contributed by atoms with E-state index in [0.29, 0.717) is 16.1 Å². The number of alkyl halides is 3. The molecule has 0 unspecified atom stereocenters. The van der Waals surface area contributed by atoms with Gasteiger partial charge in [-0.15, -0.1) is 0 Å². The lowest BCUT2D eigenvalue weighted by molar-refractivity contribution is -0.137. The van der Waals surface area contributed by atoms with Crippen molar-refractivity contribution in [3.05, 3.63) is 74.6 Å². The average Bonchev–Trinajstić information content (AvgIpc) is 3.12. The minimum Gasteiger partial charge on any atom is -0.337 e. The number of rotatable bonds is 3. The molecule has 0 saturated carbocycles. The summed E-state index contributed by atoms with van der Waals surface area (Å²) in [5.74, 6) is 0.179. The van der Waals surface area contributed by atoms with Crippen LogP contribution >= 0.6 is 23.2 Å². The van der Waals surface area contributed by atoms with Crippen LogP contribution < -0.4 is 5.56 Å². The minimum absolute atomic E-state index is 0.0799. The normalized spacial score (nSPS) is 11.9. The summed E-state index contributed by atoms with van der Waals surface area (Å²) in [5.41, 5.74) is -0.534. The molecule has 29 heavy (non-hydrogen) atoms. The molecule has 0 aliphatic rings. The van der Waals surface area contributed by atoms with E-state index in [4.69, 9.17) is 27.7 Å². The van der Waals surface area contributed by atoms with E-state index in [0.717, 1.165) is 12.1 Å². The van der Waals surface area contributed by atoms with Gasteiger partial charge in [0.25, 0.3) is 5.56 Å². The molecule has 148 valence electrons. The third-order valence-electron chi connectivity index (χ3n) is 4.09. The Labute approximate surface area is 170 Å². The quantitative estimate of drug-likeness (QED) is 0.456. The van der Waals surface area contributed by atoms with Crippen molar-refractivity contribution in [2.75, 3.05) is 0 Å². The van der Waals surface area contributed by atoms with E-state index in [1.54, 1.807) is 0 Å². The zero-order chi connectivity index (χ0) is 20.8. The number of nitrogens with zero attached hydrogens (tertiary/aromatic N) is 4. The molecule has 0 aliphatic heterocycles. The molecule has 4 rings (SSSR count). The highest BCUT2D eigenvalue weighted by atomic mass is 35.5. The maximum absolute atomic E-state index is 12.7. The molecule has 0 amide bonds. The van der Waals surface area contributed by atoms with Crippen LogP contribution in [0.5, 0.6) is 0 Å². The second-order valence-electron chi connectivity index (χ2n) is 6.05. The molecule has 6 nitrogen and oxygen atoms in total. The van der Waals surface area contributed by atoms with Gasteiger partial charge in [0.1, 0.15) is 6.54 Å². The van der Waals surface area contributed by atoms with Gasteiger partial charge in [0, 0.05) is 10.6 Å². The molecule has 0 atom stereocenters. The predicted octanol–water partition coefficient (Wildman–Crippen LogP) is 4.82. The smallest absolute Gasteiger partial charge is 0.337 e. The molecule has 2 heterocycles. The Morgan fingerprint density at radius 2 is 1.83 bits per heavy atom. The molecular formula is C18H9Cl2F3N4O2. The highest BCUT2D eigenvalue weighted by molar-refractivity contribution is 6.38. The highest BCUT2D eigenvalue weighted by Crippen LogP contribution is 2.30. The molecule has 2 aromatic carbocycles. The predicted molar refractivity (Wildman–Crippen MR) is 99.9 cm³/mol. The van der Waals surface area contributed by atoms with Gasteiger partial charge in [-0.3, -0.25) is 9.36 Å². The summed E-state index contributed by atoms with van der Waals surface area (Å²) in [6, 6.07) is 7.27. The monoisotopic (exact) mass is 440 g/mol. The van der Waals surface area contributed by atoms with Crippen LogP contribution in [0.1, 0.15) is 11.5 Å². The fourth-order valence-corrected chi connectivity index (χ4v) is 3.24. The van der Waals surface area contributed by atoms with Crippen molar-refractivity contribution in [2.24, 2.45) is 0 Å². The Kier molecular flexibility index (Phi) is 4.79. The van der Waals surface area contributed by atoms with Crippen molar-refractivity contribution in [2.45, 2.75) is 12.7 Å². The Bertz CT molecular complexity index is 1270. The van der Waals surface area contributed by atoms with Gasteiger partial charge in [-0.05, 0) is 24.3 Å². The molecule has 2 aromatic heterocycles. The van der Waals surface area contributed by atoms with Crippen LogP contribution in [0, 0.1) is 0 Å². The number of fused-ring (bicyclic) bond motifs is 1. The van der Waals surface area contributed by atoms with Crippen LogP contribution in [0.15, 0.2) is 52.0 Å². The summed E-state index contributed by atoms with van der Waals surface area (Å²) in [7, 11) is 0. The zero-order valence-corrected chi connectivity index (χ0v) is 15.8. The van der Waals surface area contributed by atoms with Crippen LogP contribution in [0.2, 0.25) is 10.0 Å². The third-order valence-corrected chi connectivity index (χ3v) is 4.60. The van der Waals surface area contributed by atoms with Gasteiger partial charge in [-0.25, -0.2) is 4.98 Å². The van der Waals surface area contributed by atoms with E-state index in [2.05, 4.69) is 15.1 Å². The van der Waals surface area contributed by atoms with E-state index in [-0.39, 0.29) is 28.7 Å². The van der Waals surface area contributed by atoms with Gasteiger partial charge >= 0.3 is 6.18 Å². The van der Waals surface area contributed by atoms with Crippen molar-refractivity contribution in [1.82, 2.24) is 19.7 Å². The van der Waals surface area contributed by atoms with E-state index >= 15 is 0 Å². The maximum Gasteiger partial charge on any atom is 0.416 e. The largest absolute Gasteiger partial charge is 0.416 e. The molecule has 0 fully saturated rings. The summed E-state index contributed by atoms with van der Waals surface area (Å²) in [6.45, 7) is -0.0838. The Balaban J connectivity index is 1.63. The fourth-order valence-electron chi connectivity index (χ4n) is 2.70. The first-order valence-electron chi connectivity index (χ1n) is 8.07. The van der Waals surface area contributed by atoms with Gasteiger partial charge in [-0.1, -0.05) is 40.5 Å². The van der Waals surface area contributed by atoms with Crippen LogP contribution in [0.25, 0.3) is 22.3 Å². The standard InChI is InChI=1S/C18H9Cl2F3N4O2/c19-11-5-12-15(13(20)6-11)24-8-27(17(12)28)7-14-25-16(26-29-14)9-1-3-10(4-2-9)18(21,22)23/h1-6,8H,7H2. The lowest BCUT2D eigenvalue weighted by Crippen LogP contribution is -2.21. The van der Waals surface area contributed by atoms with Gasteiger partial charge in [0.2, 0.25) is 11.7 Å². The molecule has 4 aromatic rings. The molecule has 0 radical (unpaired) electrons. The van der Waals surface area contributed by atoms with Crippen LogP contribution in [0.4, 0.5) is 13.2 Å². The van der Waals surface area contributed by atoms with Gasteiger partial charge in [0.05, 0.1) is 27.8 Å².